The molecule has 0 bridgehead atoms. The summed E-state index contributed by atoms with van der Waals surface area (Å²) < 4.78 is 5.42. The first-order valence-corrected chi connectivity index (χ1v) is 7.14. The monoisotopic (exact) mass is 291 g/mol. The molecule has 1 heterocycles. The molecule has 1 rings (SSSR count). The van der Waals surface area contributed by atoms with Crippen molar-refractivity contribution < 1.29 is 9.53 Å². The molecule has 0 aromatic rings. The third kappa shape index (κ3) is 3.45. The van der Waals surface area contributed by atoms with Crippen LogP contribution in [0.3, 0.4) is 0 Å². The van der Waals surface area contributed by atoms with E-state index < -0.39 is 0 Å². The number of nitrogens with one attached hydrogen (secondary N) is 1. The Morgan fingerprint density at radius 3 is 2.75 bits per heavy atom. The van der Waals surface area contributed by atoms with E-state index in [0.717, 1.165) is 24.6 Å². The Morgan fingerprint density at radius 2 is 2.31 bits per heavy atom. The van der Waals surface area contributed by atoms with E-state index in [1.54, 1.807) is 0 Å². The van der Waals surface area contributed by atoms with Crippen LogP contribution >= 0.6 is 15.9 Å². The SMILES string of the molecule is CCC(C)(CCBr)NC(=O)C1CCOC1C. The standard InChI is InChI=1S/C12H22BrNO2/c1-4-12(3,6-7-13)14-11(15)10-5-8-16-9(10)2/h9-10H,4-8H2,1-3H3,(H,14,15). The second-order valence-corrected chi connectivity index (χ2v) is 5.61. The van der Waals surface area contributed by atoms with Gasteiger partial charge in [-0.3, -0.25) is 4.79 Å². The van der Waals surface area contributed by atoms with Gasteiger partial charge in [0.1, 0.15) is 0 Å². The van der Waals surface area contributed by atoms with Crippen LogP contribution in [0.5, 0.6) is 0 Å². The Kier molecular flexibility index (Phi) is 5.25. The molecular formula is C12H22BrNO2. The maximum Gasteiger partial charge on any atom is 0.226 e. The molecule has 1 saturated heterocycles. The molecule has 1 amide bonds. The average molecular weight is 292 g/mol. The fourth-order valence-electron chi connectivity index (χ4n) is 2.00. The summed E-state index contributed by atoms with van der Waals surface area (Å²) in [4.78, 5) is 12.1. The van der Waals surface area contributed by atoms with Gasteiger partial charge in [0.2, 0.25) is 5.91 Å². The number of halogens is 1. The summed E-state index contributed by atoms with van der Waals surface area (Å²) in [6.45, 7) is 6.90. The Hall–Kier alpha value is -0.0900. The van der Waals surface area contributed by atoms with Crippen LogP contribution in [0.25, 0.3) is 0 Å². The summed E-state index contributed by atoms with van der Waals surface area (Å²) in [5, 5.41) is 4.08. The van der Waals surface area contributed by atoms with Crippen LogP contribution in [0, 0.1) is 5.92 Å². The molecule has 0 aliphatic carbocycles. The van der Waals surface area contributed by atoms with Crippen LogP contribution in [-0.4, -0.2) is 29.5 Å². The van der Waals surface area contributed by atoms with Gasteiger partial charge in [0, 0.05) is 17.5 Å². The lowest BCUT2D eigenvalue weighted by Gasteiger charge is -2.31. The lowest BCUT2D eigenvalue weighted by atomic mass is 9.93. The van der Waals surface area contributed by atoms with Gasteiger partial charge in [-0.15, -0.1) is 0 Å². The first-order valence-electron chi connectivity index (χ1n) is 6.02. The zero-order valence-corrected chi connectivity index (χ0v) is 12.0. The Bertz CT molecular complexity index is 247. The van der Waals surface area contributed by atoms with Gasteiger partial charge in [0.25, 0.3) is 0 Å². The van der Waals surface area contributed by atoms with E-state index in [1.165, 1.54) is 0 Å². The molecule has 1 aliphatic rings. The van der Waals surface area contributed by atoms with Gasteiger partial charge in [0.15, 0.2) is 0 Å². The molecular weight excluding hydrogens is 270 g/mol. The predicted molar refractivity (Wildman–Crippen MR) is 68.8 cm³/mol. The van der Waals surface area contributed by atoms with Gasteiger partial charge in [0.05, 0.1) is 12.0 Å². The summed E-state index contributed by atoms with van der Waals surface area (Å²) in [5.74, 6) is 0.177. The molecule has 0 aromatic carbocycles. The minimum atomic E-state index is -0.0944. The van der Waals surface area contributed by atoms with Crippen molar-refractivity contribution in [2.75, 3.05) is 11.9 Å². The van der Waals surface area contributed by atoms with Crippen molar-refractivity contribution in [3.05, 3.63) is 0 Å². The van der Waals surface area contributed by atoms with Crippen molar-refractivity contribution in [1.29, 1.82) is 0 Å². The highest BCUT2D eigenvalue weighted by Gasteiger charge is 2.34. The Balaban J connectivity index is 2.54. The van der Waals surface area contributed by atoms with Gasteiger partial charge in [-0.1, -0.05) is 22.9 Å². The first-order chi connectivity index (χ1) is 7.52. The molecule has 3 nitrogen and oxygen atoms in total. The molecule has 3 atom stereocenters. The van der Waals surface area contributed by atoms with Crippen LogP contribution in [-0.2, 0) is 9.53 Å². The van der Waals surface area contributed by atoms with Crippen molar-refractivity contribution >= 4 is 21.8 Å². The molecule has 3 unspecified atom stereocenters. The molecule has 1 aliphatic heterocycles. The summed E-state index contributed by atoms with van der Waals surface area (Å²) in [6, 6.07) is 0. The number of carbonyl (C=O) groups is 1. The van der Waals surface area contributed by atoms with Crippen molar-refractivity contribution in [3.8, 4) is 0 Å². The quantitative estimate of drug-likeness (QED) is 0.791. The topological polar surface area (TPSA) is 38.3 Å². The second kappa shape index (κ2) is 6.01. The number of ether oxygens (including phenoxy) is 1. The highest BCUT2D eigenvalue weighted by Crippen LogP contribution is 2.23. The molecule has 0 radical (unpaired) electrons. The predicted octanol–water partition coefficient (Wildman–Crippen LogP) is 2.48. The molecule has 0 spiro atoms. The van der Waals surface area contributed by atoms with Crippen molar-refractivity contribution in [1.82, 2.24) is 5.32 Å². The smallest absolute Gasteiger partial charge is 0.226 e. The molecule has 16 heavy (non-hydrogen) atoms. The van der Waals surface area contributed by atoms with Crippen LogP contribution in [0.2, 0.25) is 0 Å². The van der Waals surface area contributed by atoms with Crippen LogP contribution in [0.4, 0.5) is 0 Å². The highest BCUT2D eigenvalue weighted by molar-refractivity contribution is 9.09. The van der Waals surface area contributed by atoms with E-state index in [4.69, 9.17) is 4.74 Å². The van der Waals surface area contributed by atoms with E-state index in [9.17, 15) is 4.79 Å². The number of rotatable bonds is 5. The largest absolute Gasteiger partial charge is 0.378 e. The summed E-state index contributed by atoms with van der Waals surface area (Å²) in [5.41, 5.74) is -0.0944. The molecule has 0 aromatic heterocycles. The Labute approximate surface area is 106 Å². The summed E-state index contributed by atoms with van der Waals surface area (Å²) in [6.07, 6.45) is 2.81. The van der Waals surface area contributed by atoms with Crippen LogP contribution in [0.15, 0.2) is 0 Å². The number of hydrogen-bond acceptors (Lipinski definition) is 2. The number of hydrogen-bond donors (Lipinski definition) is 1. The van der Waals surface area contributed by atoms with Crippen molar-refractivity contribution in [2.45, 2.75) is 51.7 Å². The minimum Gasteiger partial charge on any atom is -0.378 e. The first kappa shape index (κ1) is 14.0. The maximum absolute atomic E-state index is 12.1. The summed E-state index contributed by atoms with van der Waals surface area (Å²) >= 11 is 3.44. The number of alkyl halides is 1. The molecule has 0 saturated carbocycles. The van der Waals surface area contributed by atoms with Gasteiger partial charge in [-0.25, -0.2) is 0 Å². The zero-order chi connectivity index (χ0) is 12.2. The average Bonchev–Trinajstić information content (AvgIpc) is 2.65. The van der Waals surface area contributed by atoms with E-state index in [2.05, 4.69) is 35.1 Å². The highest BCUT2D eigenvalue weighted by atomic mass is 79.9. The van der Waals surface area contributed by atoms with Crippen LogP contribution in [0.1, 0.15) is 40.0 Å². The normalized spacial score (nSPS) is 28.8. The maximum atomic E-state index is 12.1. The minimum absolute atomic E-state index is 0.0289. The van der Waals surface area contributed by atoms with Gasteiger partial charge >= 0.3 is 0 Å². The lowest BCUT2D eigenvalue weighted by molar-refractivity contribution is -0.128. The van der Waals surface area contributed by atoms with E-state index in [-0.39, 0.29) is 23.5 Å². The number of amides is 1. The van der Waals surface area contributed by atoms with Gasteiger partial charge < -0.3 is 10.1 Å². The van der Waals surface area contributed by atoms with Gasteiger partial charge in [-0.05, 0) is 33.1 Å². The zero-order valence-electron chi connectivity index (χ0n) is 10.4. The van der Waals surface area contributed by atoms with Crippen LogP contribution < -0.4 is 5.32 Å². The van der Waals surface area contributed by atoms with E-state index in [0.29, 0.717) is 6.61 Å². The Morgan fingerprint density at radius 1 is 1.62 bits per heavy atom. The molecule has 94 valence electrons. The fourth-order valence-corrected chi connectivity index (χ4v) is 2.88. The molecule has 1 fully saturated rings. The summed E-state index contributed by atoms with van der Waals surface area (Å²) in [7, 11) is 0. The van der Waals surface area contributed by atoms with E-state index >= 15 is 0 Å². The second-order valence-electron chi connectivity index (χ2n) is 4.81. The third-order valence-electron chi connectivity index (χ3n) is 3.56. The van der Waals surface area contributed by atoms with Crippen molar-refractivity contribution in [3.63, 3.8) is 0 Å². The molecule has 4 heteroatoms. The number of carbonyl (C=O) groups excluding carboxylic acids is 1. The third-order valence-corrected chi connectivity index (χ3v) is 3.96. The van der Waals surface area contributed by atoms with E-state index in [1.807, 2.05) is 6.92 Å². The fraction of sp³-hybridized carbons (Fsp3) is 0.917. The lowest BCUT2D eigenvalue weighted by Crippen LogP contribution is -2.49. The van der Waals surface area contributed by atoms with Gasteiger partial charge in [-0.2, -0.15) is 0 Å². The van der Waals surface area contributed by atoms with Crippen molar-refractivity contribution in [2.24, 2.45) is 5.92 Å². The molecule has 1 N–H and O–H groups in total.